The Morgan fingerprint density at radius 1 is 0.655 bits per heavy atom. The lowest BCUT2D eigenvalue weighted by atomic mass is 10.1. The van der Waals surface area contributed by atoms with Crippen LogP contribution in [0, 0.1) is 0 Å². The highest BCUT2D eigenvalue weighted by molar-refractivity contribution is 6.55. The molecule has 0 atom stereocenters. The Kier molecular flexibility index (Phi) is 4.39. The maximum Gasteiger partial charge on any atom is 0.287 e. The predicted octanol–water partition coefficient (Wildman–Crippen LogP) is 6.60. The molecule has 2 aliphatic rings. The van der Waals surface area contributed by atoms with Crippen LogP contribution in [0.15, 0.2) is 48.5 Å². The summed E-state index contributed by atoms with van der Waals surface area (Å²) in [5.41, 5.74) is 3.42. The fraction of sp³-hybridized carbons (Fsp3) is 0.0476. The molecule has 8 heteroatoms. The number of hydrogen-bond donors (Lipinski definition) is 0. The number of nitrogens with zero attached hydrogens (tertiary/aromatic N) is 1. The van der Waals surface area contributed by atoms with E-state index in [1.807, 2.05) is 48.5 Å². The van der Waals surface area contributed by atoms with Crippen molar-refractivity contribution in [1.82, 2.24) is 5.06 Å². The predicted molar refractivity (Wildman–Crippen MR) is 112 cm³/mol. The molecule has 144 valence electrons. The summed E-state index contributed by atoms with van der Waals surface area (Å²) in [5, 5.41) is 0.243. The minimum Gasteiger partial charge on any atom is -0.266 e. The Morgan fingerprint density at radius 3 is 1.52 bits per heavy atom. The zero-order chi connectivity index (χ0) is 20.4. The summed E-state index contributed by atoms with van der Waals surface area (Å²) >= 11 is 24.5. The molecule has 3 aromatic rings. The summed E-state index contributed by atoms with van der Waals surface area (Å²) in [7, 11) is 0. The summed E-state index contributed by atoms with van der Waals surface area (Å²) in [6, 6.07) is 15.3. The van der Waals surface area contributed by atoms with Crippen LogP contribution in [0.2, 0.25) is 20.1 Å². The van der Waals surface area contributed by atoms with Crippen molar-refractivity contribution in [2.45, 2.75) is 6.10 Å². The van der Waals surface area contributed by atoms with Gasteiger partial charge in [-0.1, -0.05) is 94.9 Å². The van der Waals surface area contributed by atoms with Crippen molar-refractivity contribution in [1.29, 1.82) is 0 Å². The first kappa shape index (κ1) is 18.9. The highest BCUT2D eigenvalue weighted by Gasteiger charge is 2.45. The van der Waals surface area contributed by atoms with Gasteiger partial charge >= 0.3 is 0 Å². The van der Waals surface area contributed by atoms with Crippen molar-refractivity contribution < 1.29 is 14.4 Å². The van der Waals surface area contributed by atoms with E-state index in [1.165, 1.54) is 0 Å². The van der Waals surface area contributed by atoms with Crippen LogP contribution in [0.25, 0.3) is 11.1 Å². The number of hydrogen-bond acceptors (Lipinski definition) is 3. The van der Waals surface area contributed by atoms with Gasteiger partial charge in [0.05, 0.1) is 31.2 Å². The third-order valence-electron chi connectivity index (χ3n) is 5.05. The van der Waals surface area contributed by atoms with Crippen molar-refractivity contribution in [2.75, 3.05) is 0 Å². The van der Waals surface area contributed by atoms with Crippen molar-refractivity contribution in [2.24, 2.45) is 0 Å². The summed E-state index contributed by atoms with van der Waals surface area (Å²) in [5.74, 6) is -1.48. The van der Waals surface area contributed by atoms with Crippen molar-refractivity contribution >= 4 is 58.2 Å². The number of fused-ring (bicyclic) bond motifs is 4. The molecular weight excluding hydrogens is 456 g/mol. The Balaban J connectivity index is 1.61. The number of benzene rings is 3. The third kappa shape index (κ3) is 2.57. The summed E-state index contributed by atoms with van der Waals surface area (Å²) in [4.78, 5) is 31.9. The molecule has 0 fully saturated rings. The number of hydroxylamine groups is 2. The van der Waals surface area contributed by atoms with Crippen LogP contribution in [-0.4, -0.2) is 16.9 Å². The van der Waals surface area contributed by atoms with Crippen LogP contribution in [0.3, 0.4) is 0 Å². The Hall–Kier alpha value is -2.08. The third-order valence-corrected chi connectivity index (χ3v) is 6.85. The van der Waals surface area contributed by atoms with Gasteiger partial charge in [0.15, 0.2) is 0 Å². The molecule has 0 N–H and O–H groups in total. The van der Waals surface area contributed by atoms with E-state index in [0.29, 0.717) is 5.06 Å². The average Bonchev–Trinajstić information content (AvgIpc) is 3.18. The van der Waals surface area contributed by atoms with Gasteiger partial charge in [0, 0.05) is 0 Å². The molecule has 0 unspecified atom stereocenters. The van der Waals surface area contributed by atoms with E-state index in [2.05, 4.69) is 0 Å². The molecule has 0 saturated heterocycles. The van der Waals surface area contributed by atoms with Gasteiger partial charge in [-0.3, -0.25) is 9.59 Å². The van der Waals surface area contributed by atoms with Crippen LogP contribution in [0.4, 0.5) is 0 Å². The summed E-state index contributed by atoms with van der Waals surface area (Å²) in [6.07, 6.45) is -0.645. The molecule has 1 aliphatic carbocycles. The summed E-state index contributed by atoms with van der Waals surface area (Å²) in [6.45, 7) is 0. The molecule has 1 aliphatic heterocycles. The highest BCUT2D eigenvalue weighted by Crippen LogP contribution is 2.48. The zero-order valence-electron chi connectivity index (χ0n) is 14.4. The SMILES string of the molecule is O=C1c2c(Cl)c(Cl)c(Cl)c(Cl)c2C(=O)N1OC1c2ccccc2-c2ccccc21. The Morgan fingerprint density at radius 2 is 1.07 bits per heavy atom. The molecule has 0 aromatic heterocycles. The maximum absolute atomic E-state index is 13.0. The monoisotopic (exact) mass is 463 g/mol. The van der Waals surface area contributed by atoms with Crippen molar-refractivity contribution in [3.63, 3.8) is 0 Å². The van der Waals surface area contributed by atoms with E-state index >= 15 is 0 Å². The Labute approximate surface area is 185 Å². The average molecular weight is 465 g/mol. The van der Waals surface area contributed by atoms with Gasteiger partial charge in [0.1, 0.15) is 6.10 Å². The second kappa shape index (κ2) is 6.73. The van der Waals surface area contributed by atoms with Crippen molar-refractivity contribution in [3.05, 3.63) is 90.9 Å². The lowest BCUT2D eigenvalue weighted by Gasteiger charge is -2.20. The topological polar surface area (TPSA) is 46.6 Å². The number of carbonyl (C=O) groups excluding carboxylic acids is 2. The van der Waals surface area contributed by atoms with Gasteiger partial charge in [-0.05, 0) is 22.3 Å². The zero-order valence-corrected chi connectivity index (χ0v) is 17.4. The van der Waals surface area contributed by atoms with E-state index in [-0.39, 0.29) is 31.2 Å². The van der Waals surface area contributed by atoms with E-state index in [4.69, 9.17) is 51.2 Å². The van der Waals surface area contributed by atoms with Gasteiger partial charge < -0.3 is 0 Å². The smallest absolute Gasteiger partial charge is 0.266 e. The van der Waals surface area contributed by atoms with Crippen LogP contribution < -0.4 is 0 Å². The molecule has 0 bridgehead atoms. The molecule has 0 radical (unpaired) electrons. The van der Waals surface area contributed by atoms with E-state index in [1.54, 1.807) is 0 Å². The van der Waals surface area contributed by atoms with Crippen molar-refractivity contribution in [3.8, 4) is 11.1 Å². The van der Waals surface area contributed by atoms with Crippen LogP contribution in [-0.2, 0) is 4.84 Å². The maximum atomic E-state index is 13.0. The van der Waals surface area contributed by atoms with Gasteiger partial charge in [0.25, 0.3) is 11.8 Å². The van der Waals surface area contributed by atoms with Gasteiger partial charge in [0.2, 0.25) is 0 Å². The van der Waals surface area contributed by atoms with E-state index in [9.17, 15) is 9.59 Å². The first-order valence-electron chi connectivity index (χ1n) is 8.51. The first-order valence-corrected chi connectivity index (χ1v) is 10.0. The van der Waals surface area contributed by atoms with E-state index < -0.39 is 17.9 Å². The first-order chi connectivity index (χ1) is 13.9. The van der Waals surface area contributed by atoms with Crippen LogP contribution in [0.1, 0.15) is 37.9 Å². The minimum absolute atomic E-state index is 0.0864. The van der Waals surface area contributed by atoms with E-state index in [0.717, 1.165) is 22.3 Å². The number of imide groups is 1. The number of carbonyl (C=O) groups is 2. The second-order valence-corrected chi connectivity index (χ2v) is 8.08. The molecule has 5 rings (SSSR count). The molecule has 29 heavy (non-hydrogen) atoms. The fourth-order valence-corrected chi connectivity index (χ4v) is 4.77. The molecular formula is C21H9Cl4NO3. The lowest BCUT2D eigenvalue weighted by molar-refractivity contribution is -0.119. The number of halogens is 4. The number of amides is 2. The second-order valence-electron chi connectivity index (χ2n) is 6.57. The molecule has 0 spiro atoms. The largest absolute Gasteiger partial charge is 0.287 e. The molecule has 2 amide bonds. The van der Waals surface area contributed by atoms with Crippen LogP contribution in [0.5, 0.6) is 0 Å². The Bertz CT molecular complexity index is 1150. The molecule has 3 aromatic carbocycles. The van der Waals surface area contributed by atoms with Gasteiger partial charge in [-0.2, -0.15) is 0 Å². The lowest BCUT2D eigenvalue weighted by Crippen LogP contribution is -2.31. The number of rotatable bonds is 2. The minimum atomic E-state index is -0.739. The summed E-state index contributed by atoms with van der Waals surface area (Å²) < 4.78 is 0. The highest BCUT2D eigenvalue weighted by atomic mass is 35.5. The molecule has 0 saturated carbocycles. The normalized spacial score (nSPS) is 15.0. The molecule has 4 nitrogen and oxygen atoms in total. The quantitative estimate of drug-likeness (QED) is 0.244. The van der Waals surface area contributed by atoms with Gasteiger partial charge in [-0.15, -0.1) is 5.06 Å². The fourth-order valence-electron chi connectivity index (χ4n) is 3.75. The molecule has 1 heterocycles. The standard InChI is InChI=1S/C21H9Cl4NO3/c22-15-13-14(16(23)18(25)17(15)24)21(28)26(20(13)27)29-19-11-7-3-1-5-9(11)10-6-2-4-8-12(10)19/h1-8,19H. The van der Waals surface area contributed by atoms with Gasteiger partial charge in [-0.25, -0.2) is 4.84 Å². The van der Waals surface area contributed by atoms with Crippen LogP contribution >= 0.6 is 46.4 Å².